The van der Waals surface area contributed by atoms with Gasteiger partial charge in [0, 0.05) is 17.7 Å². The van der Waals surface area contributed by atoms with Crippen molar-refractivity contribution < 1.29 is 9.59 Å². The topological polar surface area (TPSA) is 37.4 Å². The standard InChI is InChI=1S/C16H21NO2/c1-10-11(2)16(19)17(15(10)18)7-3-4-13-8-12-5-6-14(13)9-12/h8,12,14H,3-7,9H2,1-2H3. The quantitative estimate of drug-likeness (QED) is 0.575. The molecule has 19 heavy (non-hydrogen) atoms. The van der Waals surface area contributed by atoms with Crippen molar-refractivity contribution in [3.63, 3.8) is 0 Å². The van der Waals surface area contributed by atoms with Crippen molar-refractivity contribution in [2.75, 3.05) is 6.54 Å². The van der Waals surface area contributed by atoms with Crippen molar-refractivity contribution in [2.45, 2.75) is 46.0 Å². The van der Waals surface area contributed by atoms with Crippen LogP contribution in [0, 0.1) is 11.8 Å². The molecule has 0 radical (unpaired) electrons. The molecule has 1 aliphatic heterocycles. The number of imide groups is 1. The predicted octanol–water partition coefficient (Wildman–Crippen LogP) is 2.83. The maximum Gasteiger partial charge on any atom is 0.256 e. The molecule has 1 saturated carbocycles. The maximum absolute atomic E-state index is 11.9. The minimum absolute atomic E-state index is 0.0931. The van der Waals surface area contributed by atoms with E-state index in [1.54, 1.807) is 19.4 Å². The van der Waals surface area contributed by atoms with Gasteiger partial charge in [-0.3, -0.25) is 14.5 Å². The molecule has 3 aliphatic rings. The summed E-state index contributed by atoms with van der Waals surface area (Å²) in [6.45, 7) is 4.06. The van der Waals surface area contributed by atoms with Crippen molar-refractivity contribution in [1.82, 2.24) is 4.90 Å². The van der Waals surface area contributed by atoms with Crippen LogP contribution >= 0.6 is 0 Å². The molecule has 0 saturated heterocycles. The molecule has 0 aromatic carbocycles. The number of hydrogen-bond acceptors (Lipinski definition) is 2. The third kappa shape index (κ3) is 2.05. The number of hydrogen-bond donors (Lipinski definition) is 0. The Labute approximate surface area is 114 Å². The van der Waals surface area contributed by atoms with E-state index >= 15 is 0 Å². The van der Waals surface area contributed by atoms with E-state index in [9.17, 15) is 9.59 Å². The van der Waals surface area contributed by atoms with E-state index in [4.69, 9.17) is 0 Å². The molecule has 2 aliphatic carbocycles. The molecule has 3 heteroatoms. The lowest BCUT2D eigenvalue weighted by Crippen LogP contribution is -2.32. The van der Waals surface area contributed by atoms with E-state index in [0.717, 1.165) is 24.7 Å². The fourth-order valence-corrected chi connectivity index (χ4v) is 3.69. The molecule has 3 nitrogen and oxygen atoms in total. The van der Waals surface area contributed by atoms with E-state index < -0.39 is 0 Å². The summed E-state index contributed by atoms with van der Waals surface area (Å²) in [5.41, 5.74) is 2.81. The number of amides is 2. The molecule has 2 bridgehead atoms. The van der Waals surface area contributed by atoms with Crippen LogP contribution in [0.2, 0.25) is 0 Å². The highest BCUT2D eigenvalue weighted by Gasteiger charge is 2.34. The Morgan fingerprint density at radius 1 is 1.16 bits per heavy atom. The summed E-state index contributed by atoms with van der Waals surface area (Å²) in [5.74, 6) is 1.44. The molecule has 0 spiro atoms. The summed E-state index contributed by atoms with van der Waals surface area (Å²) in [6.07, 6.45) is 8.45. The van der Waals surface area contributed by atoms with Crippen LogP contribution in [0.1, 0.15) is 46.0 Å². The number of allylic oxidation sites excluding steroid dienone is 2. The fraction of sp³-hybridized carbons (Fsp3) is 0.625. The smallest absolute Gasteiger partial charge is 0.256 e. The summed E-state index contributed by atoms with van der Waals surface area (Å²) in [6, 6.07) is 0. The van der Waals surface area contributed by atoms with Crippen LogP contribution in [0.5, 0.6) is 0 Å². The van der Waals surface area contributed by atoms with Gasteiger partial charge in [-0.05, 0) is 57.8 Å². The lowest BCUT2D eigenvalue weighted by atomic mass is 9.95. The Morgan fingerprint density at radius 2 is 1.84 bits per heavy atom. The molecule has 102 valence electrons. The first kappa shape index (κ1) is 12.6. The monoisotopic (exact) mass is 259 g/mol. The number of carbonyl (C=O) groups is 2. The van der Waals surface area contributed by atoms with Crippen molar-refractivity contribution in [1.29, 1.82) is 0 Å². The van der Waals surface area contributed by atoms with E-state index in [0.29, 0.717) is 17.7 Å². The third-order valence-corrected chi connectivity index (χ3v) is 4.99. The maximum atomic E-state index is 11.9. The average molecular weight is 259 g/mol. The summed E-state index contributed by atoms with van der Waals surface area (Å²) >= 11 is 0. The van der Waals surface area contributed by atoms with Crippen LogP contribution in [0.3, 0.4) is 0 Å². The van der Waals surface area contributed by atoms with Crippen molar-refractivity contribution in [3.05, 3.63) is 22.8 Å². The molecular weight excluding hydrogens is 238 g/mol. The first-order valence-electron chi connectivity index (χ1n) is 7.32. The van der Waals surface area contributed by atoms with E-state index in [1.807, 2.05) is 0 Å². The zero-order valence-corrected chi connectivity index (χ0v) is 11.7. The van der Waals surface area contributed by atoms with Gasteiger partial charge in [0.15, 0.2) is 0 Å². The number of rotatable bonds is 4. The molecule has 2 unspecified atom stereocenters. The van der Waals surface area contributed by atoms with Gasteiger partial charge in [-0.2, -0.15) is 0 Å². The Morgan fingerprint density at radius 3 is 2.37 bits per heavy atom. The van der Waals surface area contributed by atoms with Crippen molar-refractivity contribution >= 4 is 11.8 Å². The SMILES string of the molecule is CC1=C(C)C(=O)N(CCCC2=CC3CCC2C3)C1=O. The Kier molecular flexibility index (Phi) is 3.08. The molecule has 1 fully saturated rings. The second kappa shape index (κ2) is 4.62. The number of carbonyl (C=O) groups excluding carboxylic acids is 2. The van der Waals surface area contributed by atoms with Crippen LogP contribution in [0.15, 0.2) is 22.8 Å². The Balaban J connectivity index is 1.53. The average Bonchev–Trinajstić information content (AvgIpc) is 3.06. The molecule has 2 atom stereocenters. The third-order valence-electron chi connectivity index (χ3n) is 4.99. The highest BCUT2D eigenvalue weighted by molar-refractivity contribution is 6.18. The molecule has 0 aromatic rings. The van der Waals surface area contributed by atoms with E-state index in [2.05, 4.69) is 6.08 Å². The minimum Gasteiger partial charge on any atom is -0.275 e. The Hall–Kier alpha value is -1.38. The van der Waals surface area contributed by atoms with E-state index in [-0.39, 0.29) is 11.8 Å². The first-order valence-corrected chi connectivity index (χ1v) is 7.32. The van der Waals surface area contributed by atoms with Crippen LogP contribution in [-0.4, -0.2) is 23.3 Å². The van der Waals surface area contributed by atoms with Crippen LogP contribution in [0.25, 0.3) is 0 Å². The molecule has 1 heterocycles. The van der Waals surface area contributed by atoms with Crippen LogP contribution in [0.4, 0.5) is 0 Å². The van der Waals surface area contributed by atoms with Gasteiger partial charge >= 0.3 is 0 Å². The van der Waals surface area contributed by atoms with Gasteiger partial charge < -0.3 is 0 Å². The normalized spacial score (nSPS) is 29.8. The summed E-state index contributed by atoms with van der Waals surface area (Å²) in [5, 5.41) is 0. The van der Waals surface area contributed by atoms with Gasteiger partial charge in [0.05, 0.1) is 0 Å². The summed E-state index contributed by atoms with van der Waals surface area (Å²) in [4.78, 5) is 25.2. The van der Waals surface area contributed by atoms with Gasteiger partial charge in [0.25, 0.3) is 11.8 Å². The van der Waals surface area contributed by atoms with Gasteiger partial charge in [-0.25, -0.2) is 0 Å². The Bertz CT molecular complexity index is 477. The van der Waals surface area contributed by atoms with Crippen molar-refractivity contribution in [3.8, 4) is 0 Å². The molecule has 0 N–H and O–H groups in total. The molecular formula is C16H21NO2. The molecule has 0 aromatic heterocycles. The zero-order chi connectivity index (χ0) is 13.6. The highest BCUT2D eigenvalue weighted by Crippen LogP contribution is 2.45. The van der Waals surface area contributed by atoms with Gasteiger partial charge in [-0.1, -0.05) is 11.6 Å². The van der Waals surface area contributed by atoms with Crippen LogP contribution in [-0.2, 0) is 9.59 Å². The minimum atomic E-state index is -0.0931. The lowest BCUT2D eigenvalue weighted by molar-refractivity contribution is -0.137. The van der Waals surface area contributed by atoms with Gasteiger partial charge in [0.2, 0.25) is 0 Å². The zero-order valence-electron chi connectivity index (χ0n) is 11.7. The fourth-order valence-electron chi connectivity index (χ4n) is 3.69. The predicted molar refractivity (Wildman–Crippen MR) is 73.2 cm³/mol. The second-order valence-electron chi connectivity index (χ2n) is 6.13. The molecule has 3 rings (SSSR count). The summed E-state index contributed by atoms with van der Waals surface area (Å²) in [7, 11) is 0. The number of fused-ring (bicyclic) bond motifs is 2. The number of nitrogens with zero attached hydrogens (tertiary/aromatic N) is 1. The second-order valence-corrected chi connectivity index (χ2v) is 6.13. The van der Waals surface area contributed by atoms with Crippen LogP contribution < -0.4 is 0 Å². The molecule has 2 amide bonds. The van der Waals surface area contributed by atoms with E-state index in [1.165, 1.54) is 24.2 Å². The first-order chi connectivity index (χ1) is 9.08. The lowest BCUT2D eigenvalue weighted by Gasteiger charge is -2.17. The largest absolute Gasteiger partial charge is 0.275 e. The van der Waals surface area contributed by atoms with Gasteiger partial charge in [-0.15, -0.1) is 0 Å². The summed E-state index contributed by atoms with van der Waals surface area (Å²) < 4.78 is 0. The van der Waals surface area contributed by atoms with Crippen molar-refractivity contribution in [2.24, 2.45) is 11.8 Å². The highest BCUT2D eigenvalue weighted by atomic mass is 16.2. The van der Waals surface area contributed by atoms with Gasteiger partial charge in [0.1, 0.15) is 0 Å².